The highest BCUT2D eigenvalue weighted by atomic mass is 16.5. The van der Waals surface area contributed by atoms with Crippen LogP contribution in [0.5, 0.6) is 23.0 Å². The average Bonchev–Trinajstić information content (AvgIpc) is 2.56. The Morgan fingerprint density at radius 2 is 1.81 bits per heavy atom. The number of ketones is 1. The third kappa shape index (κ3) is 3.23. The van der Waals surface area contributed by atoms with E-state index >= 15 is 0 Å². The van der Waals surface area contributed by atoms with Gasteiger partial charge >= 0.3 is 0 Å². The maximum Gasteiger partial charge on any atom is 0.193 e. The number of aromatic hydroxyl groups is 3. The van der Waals surface area contributed by atoms with Crippen LogP contribution < -0.4 is 4.74 Å². The molecule has 0 radical (unpaired) electrons. The van der Waals surface area contributed by atoms with Gasteiger partial charge in [-0.15, -0.1) is 0 Å². The lowest BCUT2D eigenvalue weighted by molar-refractivity contribution is -0.0421. The van der Waals surface area contributed by atoms with Gasteiger partial charge in [0.25, 0.3) is 0 Å². The average molecular weight is 356 g/mol. The minimum atomic E-state index is -0.969. The van der Waals surface area contributed by atoms with Crippen molar-refractivity contribution in [3.8, 4) is 23.0 Å². The molecule has 0 bridgehead atoms. The van der Waals surface area contributed by atoms with Gasteiger partial charge in [-0.05, 0) is 37.6 Å². The first-order chi connectivity index (χ1) is 12.2. The van der Waals surface area contributed by atoms with E-state index in [4.69, 9.17) is 4.74 Å². The molecule has 1 aliphatic rings. The van der Waals surface area contributed by atoms with Crippen LogP contribution >= 0.6 is 0 Å². The van der Waals surface area contributed by atoms with Crippen molar-refractivity contribution >= 4 is 11.9 Å². The third-order valence-corrected chi connectivity index (χ3v) is 4.47. The topological polar surface area (TPSA) is 107 Å². The molecule has 2 aromatic rings. The molecule has 1 atom stereocenters. The molecule has 6 heteroatoms. The second kappa shape index (κ2) is 6.38. The van der Waals surface area contributed by atoms with Crippen molar-refractivity contribution in [2.24, 2.45) is 0 Å². The summed E-state index contributed by atoms with van der Waals surface area (Å²) in [6.45, 7) is 3.34. The van der Waals surface area contributed by atoms with E-state index < -0.39 is 23.2 Å². The standard InChI is InChI=1S/C20H20O6/c1-20(2)17(25)9-13-15(23)10-16(24)18(19(13)26-20)14(22)8-5-11-3-6-12(21)7-4-11/h3-8,10,17,21,23-25H,9H2,1-2H3. The predicted molar refractivity (Wildman–Crippen MR) is 95.7 cm³/mol. The second-order valence-electron chi connectivity index (χ2n) is 6.81. The molecular formula is C20H20O6. The van der Waals surface area contributed by atoms with Crippen molar-refractivity contribution < 1.29 is 30.0 Å². The van der Waals surface area contributed by atoms with Crippen LogP contribution in [0.2, 0.25) is 0 Å². The monoisotopic (exact) mass is 356 g/mol. The van der Waals surface area contributed by atoms with E-state index in [1.807, 2.05) is 0 Å². The summed E-state index contributed by atoms with van der Waals surface area (Å²) in [6.07, 6.45) is 2.07. The molecule has 0 spiro atoms. The summed E-state index contributed by atoms with van der Waals surface area (Å²) in [6, 6.07) is 7.35. The van der Waals surface area contributed by atoms with E-state index in [1.54, 1.807) is 32.1 Å². The van der Waals surface area contributed by atoms with Crippen molar-refractivity contribution in [3.05, 3.63) is 53.1 Å². The molecule has 6 nitrogen and oxygen atoms in total. The van der Waals surface area contributed by atoms with E-state index in [9.17, 15) is 25.2 Å². The maximum absolute atomic E-state index is 12.7. The number of aliphatic hydroxyl groups is 1. The summed E-state index contributed by atoms with van der Waals surface area (Å²) in [4.78, 5) is 12.7. The van der Waals surface area contributed by atoms with Gasteiger partial charge in [-0.1, -0.05) is 18.2 Å². The number of rotatable bonds is 3. The zero-order valence-corrected chi connectivity index (χ0v) is 14.4. The molecule has 26 heavy (non-hydrogen) atoms. The lowest BCUT2D eigenvalue weighted by Crippen LogP contribution is -2.46. The Bertz CT molecular complexity index is 880. The van der Waals surface area contributed by atoms with Crippen LogP contribution in [0.25, 0.3) is 6.08 Å². The zero-order valence-electron chi connectivity index (χ0n) is 14.4. The molecular weight excluding hydrogens is 336 g/mol. The van der Waals surface area contributed by atoms with Crippen LogP contribution in [0, 0.1) is 0 Å². The van der Waals surface area contributed by atoms with Crippen molar-refractivity contribution in [1.29, 1.82) is 0 Å². The highest BCUT2D eigenvalue weighted by molar-refractivity contribution is 6.11. The third-order valence-electron chi connectivity index (χ3n) is 4.47. The van der Waals surface area contributed by atoms with Crippen molar-refractivity contribution in [2.45, 2.75) is 32.0 Å². The Balaban J connectivity index is 2.01. The largest absolute Gasteiger partial charge is 0.508 e. The predicted octanol–water partition coefficient (Wildman–Crippen LogP) is 2.77. The minimum absolute atomic E-state index is 0.0622. The Kier molecular flexibility index (Phi) is 4.38. The van der Waals surface area contributed by atoms with Gasteiger partial charge in [0.2, 0.25) is 0 Å². The summed E-state index contributed by atoms with van der Waals surface area (Å²) in [7, 11) is 0. The minimum Gasteiger partial charge on any atom is -0.508 e. The van der Waals surface area contributed by atoms with Gasteiger partial charge in [-0.3, -0.25) is 4.79 Å². The van der Waals surface area contributed by atoms with Gasteiger partial charge in [0.05, 0.1) is 6.10 Å². The Labute approximate surface area is 150 Å². The number of phenols is 3. The van der Waals surface area contributed by atoms with Crippen LogP contribution in [-0.2, 0) is 6.42 Å². The first-order valence-corrected chi connectivity index (χ1v) is 8.15. The molecule has 0 amide bonds. The molecule has 0 aliphatic carbocycles. The molecule has 2 aromatic carbocycles. The molecule has 136 valence electrons. The molecule has 4 N–H and O–H groups in total. The van der Waals surface area contributed by atoms with Gasteiger partial charge in [0.1, 0.15) is 34.2 Å². The summed E-state index contributed by atoms with van der Waals surface area (Å²) >= 11 is 0. The van der Waals surface area contributed by atoms with Crippen LogP contribution in [0.3, 0.4) is 0 Å². The van der Waals surface area contributed by atoms with Crippen LogP contribution in [0.1, 0.15) is 35.3 Å². The molecule has 0 fully saturated rings. The number of hydrogen-bond donors (Lipinski definition) is 4. The molecule has 0 aromatic heterocycles. The molecule has 0 saturated carbocycles. The molecule has 3 rings (SSSR count). The number of aliphatic hydroxyl groups excluding tert-OH is 1. The number of carbonyl (C=O) groups is 1. The van der Waals surface area contributed by atoms with Gasteiger partial charge in [-0.25, -0.2) is 0 Å². The first-order valence-electron chi connectivity index (χ1n) is 8.15. The summed E-state index contributed by atoms with van der Waals surface area (Å²) < 4.78 is 5.76. The van der Waals surface area contributed by atoms with Gasteiger partial charge in [0, 0.05) is 18.1 Å². The van der Waals surface area contributed by atoms with Crippen LogP contribution in [0.15, 0.2) is 36.4 Å². The second-order valence-corrected chi connectivity index (χ2v) is 6.81. The SMILES string of the molecule is CC1(C)Oc2c(c(O)cc(O)c2C(=O)C=Cc2ccc(O)cc2)CC1O. The van der Waals surface area contributed by atoms with E-state index in [0.29, 0.717) is 5.56 Å². The van der Waals surface area contributed by atoms with Gasteiger partial charge in [0.15, 0.2) is 5.78 Å². The molecule has 1 unspecified atom stereocenters. The quantitative estimate of drug-likeness (QED) is 0.498. The van der Waals surface area contributed by atoms with Crippen molar-refractivity contribution in [2.75, 3.05) is 0 Å². The first kappa shape index (κ1) is 17.8. The van der Waals surface area contributed by atoms with Crippen LogP contribution in [-0.4, -0.2) is 37.9 Å². The van der Waals surface area contributed by atoms with Crippen molar-refractivity contribution in [1.82, 2.24) is 0 Å². The number of benzene rings is 2. The number of allylic oxidation sites excluding steroid dienone is 1. The lowest BCUT2D eigenvalue weighted by Gasteiger charge is -2.38. The summed E-state index contributed by atoms with van der Waals surface area (Å²) in [5.74, 6) is -0.926. The summed E-state index contributed by atoms with van der Waals surface area (Å²) in [5.41, 5.74) is -0.0492. The van der Waals surface area contributed by atoms with Crippen LogP contribution in [0.4, 0.5) is 0 Å². The number of hydrogen-bond acceptors (Lipinski definition) is 6. The molecule has 1 aliphatic heterocycles. The molecule has 0 saturated heterocycles. The lowest BCUT2D eigenvalue weighted by atomic mass is 9.88. The normalized spacial score (nSPS) is 18.3. The Morgan fingerprint density at radius 1 is 1.15 bits per heavy atom. The fourth-order valence-corrected chi connectivity index (χ4v) is 2.83. The van der Waals surface area contributed by atoms with E-state index in [0.717, 1.165) is 6.07 Å². The smallest absolute Gasteiger partial charge is 0.193 e. The number of fused-ring (bicyclic) bond motifs is 1. The number of ether oxygens (including phenoxy) is 1. The van der Waals surface area contributed by atoms with Crippen molar-refractivity contribution in [3.63, 3.8) is 0 Å². The molecule has 1 heterocycles. The summed E-state index contributed by atoms with van der Waals surface area (Å²) in [5, 5.41) is 39.7. The fourth-order valence-electron chi connectivity index (χ4n) is 2.83. The number of carbonyl (C=O) groups excluding carboxylic acids is 1. The number of phenolic OH excluding ortho intramolecular Hbond substituents is 3. The fraction of sp³-hybridized carbons (Fsp3) is 0.250. The highest BCUT2D eigenvalue weighted by Gasteiger charge is 2.39. The van der Waals surface area contributed by atoms with Gasteiger partial charge in [-0.2, -0.15) is 0 Å². The van der Waals surface area contributed by atoms with E-state index in [-0.39, 0.29) is 34.8 Å². The Morgan fingerprint density at radius 3 is 2.46 bits per heavy atom. The van der Waals surface area contributed by atoms with E-state index in [1.165, 1.54) is 18.2 Å². The highest BCUT2D eigenvalue weighted by Crippen LogP contribution is 2.44. The zero-order chi connectivity index (χ0) is 19.1. The van der Waals surface area contributed by atoms with E-state index in [2.05, 4.69) is 0 Å². The Hall–Kier alpha value is -2.99. The van der Waals surface area contributed by atoms with Gasteiger partial charge < -0.3 is 25.2 Å². The maximum atomic E-state index is 12.7.